The molecule has 1 saturated carbocycles. The Morgan fingerprint density at radius 3 is 2.88 bits per heavy atom. The summed E-state index contributed by atoms with van der Waals surface area (Å²) >= 11 is 1.32. The van der Waals surface area contributed by atoms with Crippen LogP contribution in [-0.2, 0) is 20.1 Å². The van der Waals surface area contributed by atoms with Gasteiger partial charge in [0.15, 0.2) is 12.4 Å². The van der Waals surface area contributed by atoms with Crippen molar-refractivity contribution in [2.45, 2.75) is 51.8 Å². The van der Waals surface area contributed by atoms with Crippen LogP contribution >= 0.6 is 11.8 Å². The zero-order valence-corrected chi connectivity index (χ0v) is 15.2. The van der Waals surface area contributed by atoms with Crippen molar-refractivity contribution < 1.29 is 18.8 Å². The molecule has 0 radical (unpaired) electrons. The molecule has 1 aliphatic rings. The number of amides is 1. The lowest BCUT2D eigenvalue weighted by Crippen LogP contribution is -2.45. The number of aromatic nitrogens is 2. The van der Waals surface area contributed by atoms with Crippen molar-refractivity contribution in [3.05, 3.63) is 11.7 Å². The number of rotatable bonds is 7. The first-order valence-corrected chi connectivity index (χ1v) is 9.43. The molecule has 1 N–H and O–H groups in total. The summed E-state index contributed by atoms with van der Waals surface area (Å²) in [6.45, 7) is 5.86. The Bertz CT molecular complexity index is 563. The highest BCUT2D eigenvalue weighted by Crippen LogP contribution is 2.29. The molecule has 3 atom stereocenters. The third-order valence-corrected chi connectivity index (χ3v) is 5.34. The van der Waals surface area contributed by atoms with E-state index in [2.05, 4.69) is 29.3 Å². The first kappa shape index (κ1) is 18.8. The molecule has 24 heavy (non-hydrogen) atoms. The Labute approximate surface area is 146 Å². The van der Waals surface area contributed by atoms with E-state index in [-0.39, 0.29) is 24.3 Å². The minimum absolute atomic E-state index is 0.151. The predicted molar refractivity (Wildman–Crippen MR) is 90.3 cm³/mol. The lowest BCUT2D eigenvalue weighted by Gasteiger charge is -2.34. The molecule has 0 spiro atoms. The fourth-order valence-corrected chi connectivity index (χ4v) is 3.50. The van der Waals surface area contributed by atoms with Gasteiger partial charge in [0.2, 0.25) is 5.89 Å². The Morgan fingerprint density at radius 2 is 2.17 bits per heavy atom. The van der Waals surface area contributed by atoms with Crippen molar-refractivity contribution >= 4 is 23.6 Å². The van der Waals surface area contributed by atoms with Crippen LogP contribution in [0.4, 0.5) is 0 Å². The second-order valence-corrected chi connectivity index (χ2v) is 7.31. The summed E-state index contributed by atoms with van der Waals surface area (Å²) in [7, 11) is 0. The molecule has 2 rings (SSSR count). The molecule has 1 aromatic rings. The summed E-state index contributed by atoms with van der Waals surface area (Å²) in [6, 6.07) is 0.177. The number of hydrogen-bond donors (Lipinski definition) is 1. The van der Waals surface area contributed by atoms with E-state index in [4.69, 9.17) is 9.26 Å². The standard InChI is InChI=1S/C16H25N3O4S/c1-10-5-4-6-13(11(10)2)18-15(20)7-22-16(21)9-24-8-14-17-12(3)23-19-14/h10-11,13H,4-9H2,1-3H3,(H,18,20). The van der Waals surface area contributed by atoms with Gasteiger partial charge in [0.1, 0.15) is 0 Å². The molecule has 0 bridgehead atoms. The molecule has 3 unspecified atom stereocenters. The number of nitrogens with zero attached hydrogens (tertiary/aromatic N) is 2. The molecular weight excluding hydrogens is 330 g/mol. The molecule has 8 heteroatoms. The van der Waals surface area contributed by atoms with Crippen LogP contribution in [0.1, 0.15) is 44.8 Å². The van der Waals surface area contributed by atoms with Crippen LogP contribution in [0.5, 0.6) is 0 Å². The molecule has 1 amide bonds. The van der Waals surface area contributed by atoms with E-state index in [9.17, 15) is 9.59 Å². The second kappa shape index (κ2) is 9.05. The SMILES string of the molecule is Cc1nc(CSCC(=O)OCC(=O)NC2CCCC(C)C2C)no1. The van der Waals surface area contributed by atoms with Crippen LogP contribution in [0.25, 0.3) is 0 Å². The highest BCUT2D eigenvalue weighted by atomic mass is 32.2. The largest absolute Gasteiger partial charge is 0.455 e. The number of carbonyl (C=O) groups is 2. The van der Waals surface area contributed by atoms with Gasteiger partial charge in [-0.15, -0.1) is 11.8 Å². The van der Waals surface area contributed by atoms with Gasteiger partial charge in [-0.3, -0.25) is 9.59 Å². The Morgan fingerprint density at radius 1 is 1.38 bits per heavy atom. The molecule has 0 aliphatic heterocycles. The maximum absolute atomic E-state index is 11.9. The molecule has 1 aromatic heterocycles. The van der Waals surface area contributed by atoms with Gasteiger partial charge in [0.25, 0.3) is 5.91 Å². The summed E-state index contributed by atoms with van der Waals surface area (Å²) in [4.78, 5) is 27.6. The maximum Gasteiger partial charge on any atom is 0.316 e. The maximum atomic E-state index is 11.9. The number of ether oxygens (including phenoxy) is 1. The average Bonchev–Trinajstić information content (AvgIpc) is 2.95. The van der Waals surface area contributed by atoms with E-state index in [1.807, 2.05) is 0 Å². The summed E-state index contributed by atoms with van der Waals surface area (Å²) in [5.74, 6) is 2.07. The number of aryl methyl sites for hydroxylation is 1. The molecule has 0 saturated heterocycles. The normalized spacial score (nSPS) is 23.7. The van der Waals surface area contributed by atoms with Gasteiger partial charge in [-0.1, -0.05) is 31.8 Å². The molecule has 1 heterocycles. The first-order chi connectivity index (χ1) is 11.5. The average molecular weight is 355 g/mol. The Hall–Kier alpha value is -1.57. The highest BCUT2D eigenvalue weighted by molar-refractivity contribution is 7.99. The Balaban J connectivity index is 1.61. The van der Waals surface area contributed by atoms with Crippen LogP contribution in [0.15, 0.2) is 4.52 Å². The van der Waals surface area contributed by atoms with Gasteiger partial charge in [-0.25, -0.2) is 0 Å². The fourth-order valence-electron chi connectivity index (χ4n) is 2.85. The third-order valence-electron chi connectivity index (χ3n) is 4.44. The van der Waals surface area contributed by atoms with Crippen LogP contribution < -0.4 is 5.32 Å². The van der Waals surface area contributed by atoms with Gasteiger partial charge < -0.3 is 14.6 Å². The monoisotopic (exact) mass is 355 g/mol. The van der Waals surface area contributed by atoms with Gasteiger partial charge in [-0.2, -0.15) is 4.98 Å². The van der Waals surface area contributed by atoms with E-state index in [0.29, 0.717) is 29.3 Å². The van der Waals surface area contributed by atoms with Gasteiger partial charge in [-0.05, 0) is 18.3 Å². The van der Waals surface area contributed by atoms with E-state index >= 15 is 0 Å². The number of hydrogen-bond acceptors (Lipinski definition) is 7. The fraction of sp³-hybridized carbons (Fsp3) is 0.750. The van der Waals surface area contributed by atoms with E-state index < -0.39 is 5.97 Å². The third kappa shape index (κ3) is 5.81. The molecule has 1 aliphatic carbocycles. The number of carbonyl (C=O) groups excluding carboxylic acids is 2. The van der Waals surface area contributed by atoms with Gasteiger partial charge in [0, 0.05) is 13.0 Å². The van der Waals surface area contributed by atoms with E-state index in [0.717, 1.165) is 12.8 Å². The van der Waals surface area contributed by atoms with Crippen molar-refractivity contribution in [2.24, 2.45) is 11.8 Å². The van der Waals surface area contributed by atoms with Crippen molar-refractivity contribution in [2.75, 3.05) is 12.4 Å². The smallest absolute Gasteiger partial charge is 0.316 e. The Kier molecular flexibility index (Phi) is 7.08. The summed E-state index contributed by atoms with van der Waals surface area (Å²) in [6.07, 6.45) is 3.33. The first-order valence-electron chi connectivity index (χ1n) is 8.27. The zero-order chi connectivity index (χ0) is 17.5. The van der Waals surface area contributed by atoms with Crippen LogP contribution in [-0.4, -0.2) is 40.4 Å². The minimum atomic E-state index is -0.416. The highest BCUT2D eigenvalue weighted by Gasteiger charge is 2.28. The molecule has 134 valence electrons. The molecule has 7 nitrogen and oxygen atoms in total. The molecule has 1 fully saturated rings. The van der Waals surface area contributed by atoms with Crippen LogP contribution in [0.2, 0.25) is 0 Å². The molecule has 0 aromatic carbocycles. The summed E-state index contributed by atoms with van der Waals surface area (Å²) in [5.41, 5.74) is 0. The topological polar surface area (TPSA) is 94.3 Å². The summed E-state index contributed by atoms with van der Waals surface area (Å²) < 4.78 is 9.86. The lowest BCUT2D eigenvalue weighted by molar-refractivity contribution is -0.146. The number of esters is 1. The van der Waals surface area contributed by atoms with Crippen LogP contribution in [0, 0.1) is 18.8 Å². The lowest BCUT2D eigenvalue weighted by atomic mass is 9.78. The van der Waals surface area contributed by atoms with Gasteiger partial charge >= 0.3 is 5.97 Å². The van der Waals surface area contributed by atoms with Crippen molar-refractivity contribution in [1.29, 1.82) is 0 Å². The second-order valence-electron chi connectivity index (χ2n) is 6.32. The van der Waals surface area contributed by atoms with E-state index in [1.54, 1.807) is 6.92 Å². The number of nitrogens with one attached hydrogen (secondary N) is 1. The van der Waals surface area contributed by atoms with Gasteiger partial charge in [0.05, 0.1) is 11.5 Å². The van der Waals surface area contributed by atoms with E-state index in [1.165, 1.54) is 18.2 Å². The quantitative estimate of drug-likeness (QED) is 0.748. The minimum Gasteiger partial charge on any atom is -0.455 e. The predicted octanol–water partition coefficient (Wildman–Crippen LogP) is 2.10. The summed E-state index contributed by atoms with van der Waals surface area (Å²) in [5, 5.41) is 6.73. The zero-order valence-electron chi connectivity index (χ0n) is 14.4. The van der Waals surface area contributed by atoms with Crippen molar-refractivity contribution in [3.63, 3.8) is 0 Å². The number of thioether (sulfide) groups is 1. The van der Waals surface area contributed by atoms with Crippen molar-refractivity contribution in [3.8, 4) is 0 Å². The van der Waals surface area contributed by atoms with Crippen molar-refractivity contribution in [1.82, 2.24) is 15.5 Å². The van der Waals surface area contributed by atoms with Crippen LogP contribution in [0.3, 0.4) is 0 Å². The molecular formula is C16H25N3O4S.